The molecule has 290 valence electrons. The fourth-order valence-electron chi connectivity index (χ4n) is 9.01. The number of aromatic hydroxyl groups is 1. The summed E-state index contributed by atoms with van der Waals surface area (Å²) in [4.78, 5) is 10.7. The Bertz CT molecular complexity index is 3400. The molecule has 0 spiro atoms. The summed E-state index contributed by atoms with van der Waals surface area (Å²) in [6, 6.07) is 53.8. The minimum absolute atomic E-state index is 0. The molecule has 59 heavy (non-hydrogen) atoms. The number of phenolic OH excluding ortho intramolecular Hbond substituents is 1. The van der Waals surface area contributed by atoms with Crippen LogP contribution in [0.15, 0.2) is 150 Å². The summed E-state index contributed by atoms with van der Waals surface area (Å²) in [5.41, 5.74) is 13.2. The van der Waals surface area contributed by atoms with Crippen molar-refractivity contribution in [1.29, 1.82) is 0 Å². The molecule has 11 rings (SSSR count). The zero-order chi connectivity index (χ0) is 39.2. The Morgan fingerprint density at radius 2 is 1.31 bits per heavy atom. The fourth-order valence-corrected chi connectivity index (χ4v) is 9.01. The first-order valence-corrected chi connectivity index (χ1v) is 20.0. The minimum atomic E-state index is 0. The van der Waals surface area contributed by atoms with Gasteiger partial charge in [0.2, 0.25) is 0 Å². The molecule has 0 amide bonds. The van der Waals surface area contributed by atoms with E-state index in [1.165, 1.54) is 16.8 Å². The van der Waals surface area contributed by atoms with E-state index in [1.807, 2.05) is 48.5 Å². The van der Waals surface area contributed by atoms with E-state index >= 15 is 0 Å². The molecule has 1 N–H and O–H groups in total. The summed E-state index contributed by atoms with van der Waals surface area (Å²) < 4.78 is 11.2. The van der Waals surface area contributed by atoms with Crippen molar-refractivity contribution in [2.45, 2.75) is 39.5 Å². The van der Waals surface area contributed by atoms with Crippen molar-refractivity contribution >= 4 is 65.7 Å². The SMILES string of the molecule is CC(C)c1cccc(C(C)C)c1-n1c(-c2[c-]c3c4c5c(ccc4n(-c4ccccc4)c3cc2)oc2ccc(-c3c(O)ccc4ccccc34)nc25)nc2ccccc21.[Pt]. The van der Waals surface area contributed by atoms with Gasteiger partial charge in [-0.2, -0.15) is 0 Å². The Hall–Kier alpha value is -6.49. The van der Waals surface area contributed by atoms with E-state index in [-0.39, 0.29) is 26.8 Å². The summed E-state index contributed by atoms with van der Waals surface area (Å²) in [5.74, 6) is 1.63. The largest absolute Gasteiger partial charge is 0.507 e. The molecule has 7 aromatic carbocycles. The number of rotatable bonds is 6. The summed E-state index contributed by atoms with van der Waals surface area (Å²) in [5, 5.41) is 16.1. The van der Waals surface area contributed by atoms with Gasteiger partial charge in [0.15, 0.2) is 5.58 Å². The van der Waals surface area contributed by atoms with Gasteiger partial charge in [-0.3, -0.25) is 4.98 Å². The number of furan rings is 1. The van der Waals surface area contributed by atoms with Crippen molar-refractivity contribution in [1.82, 2.24) is 19.1 Å². The number of hydrogen-bond acceptors (Lipinski definition) is 4. The fraction of sp³-hybridized carbons (Fsp3) is 0.115. The molecule has 0 aliphatic carbocycles. The number of aromatic nitrogens is 4. The molecule has 0 saturated heterocycles. The van der Waals surface area contributed by atoms with Crippen LogP contribution in [0.5, 0.6) is 5.75 Å². The Labute approximate surface area is 355 Å². The Balaban J connectivity index is 0.00000420. The van der Waals surface area contributed by atoms with E-state index in [4.69, 9.17) is 14.4 Å². The first-order chi connectivity index (χ1) is 28.4. The second-order valence-electron chi connectivity index (χ2n) is 15.8. The molecule has 0 unspecified atom stereocenters. The normalized spacial score (nSPS) is 12.0. The maximum Gasteiger partial charge on any atom is 0.153 e. The van der Waals surface area contributed by atoms with Gasteiger partial charge in [-0.25, -0.2) is 4.98 Å². The molecule has 6 nitrogen and oxygen atoms in total. The zero-order valence-electron chi connectivity index (χ0n) is 33.0. The number of pyridine rings is 1. The number of imidazole rings is 1. The predicted molar refractivity (Wildman–Crippen MR) is 238 cm³/mol. The van der Waals surface area contributed by atoms with Crippen LogP contribution in [0.2, 0.25) is 0 Å². The van der Waals surface area contributed by atoms with Gasteiger partial charge in [0.05, 0.1) is 22.6 Å². The first kappa shape index (κ1) is 36.8. The van der Waals surface area contributed by atoms with Crippen LogP contribution in [0.25, 0.3) is 99.7 Å². The summed E-state index contributed by atoms with van der Waals surface area (Å²) in [6.07, 6.45) is 0. The molecule has 0 aliphatic rings. The van der Waals surface area contributed by atoms with Crippen LogP contribution in [0, 0.1) is 6.07 Å². The van der Waals surface area contributed by atoms with Crippen LogP contribution in [-0.2, 0) is 21.1 Å². The van der Waals surface area contributed by atoms with E-state index in [9.17, 15) is 5.11 Å². The number of hydrogen-bond donors (Lipinski definition) is 1. The molecule has 0 fully saturated rings. The van der Waals surface area contributed by atoms with Gasteiger partial charge in [-0.15, -0.1) is 18.2 Å². The second kappa shape index (κ2) is 14.1. The smallest absolute Gasteiger partial charge is 0.153 e. The number of nitrogens with zero attached hydrogens (tertiary/aromatic N) is 4. The Kier molecular flexibility index (Phi) is 8.81. The number of benzene rings is 7. The van der Waals surface area contributed by atoms with Crippen molar-refractivity contribution in [3.8, 4) is 39.8 Å². The topological polar surface area (TPSA) is 69.0 Å². The standard InChI is InChI=1S/C52H39N4O2.Pt/c1-30(2)35-17-12-18-36(31(3)4)51(35)56-42-20-11-10-19-39(42)54-52(56)33-21-24-41-38(29-33)48-43(55(41)34-14-6-5-7-15-34)25-28-45-49(48)50-46(58-45)27-23-40(53-50)47-37-16-9-8-13-32(37)22-26-44(47)57;/h5-28,30-31,57H,1-4H3;/q-1;. The van der Waals surface area contributed by atoms with Gasteiger partial charge in [0.25, 0.3) is 0 Å². The first-order valence-electron chi connectivity index (χ1n) is 20.0. The minimum Gasteiger partial charge on any atom is -0.507 e. The van der Waals surface area contributed by atoms with Crippen LogP contribution < -0.4 is 0 Å². The van der Waals surface area contributed by atoms with E-state index < -0.39 is 0 Å². The van der Waals surface area contributed by atoms with Crippen LogP contribution >= 0.6 is 0 Å². The van der Waals surface area contributed by atoms with Gasteiger partial charge in [0, 0.05) is 48.9 Å². The summed E-state index contributed by atoms with van der Waals surface area (Å²) in [7, 11) is 0. The van der Waals surface area contributed by atoms with E-state index in [2.05, 4.69) is 134 Å². The second-order valence-corrected chi connectivity index (χ2v) is 15.8. The Morgan fingerprint density at radius 1 is 0.593 bits per heavy atom. The molecule has 0 aliphatic heterocycles. The van der Waals surface area contributed by atoms with Crippen LogP contribution in [0.4, 0.5) is 0 Å². The molecule has 4 heterocycles. The van der Waals surface area contributed by atoms with Crippen molar-refractivity contribution < 1.29 is 30.6 Å². The van der Waals surface area contributed by atoms with E-state index in [0.717, 1.165) is 77.2 Å². The molecule has 4 aromatic heterocycles. The molecule has 7 heteroatoms. The summed E-state index contributed by atoms with van der Waals surface area (Å²) >= 11 is 0. The van der Waals surface area contributed by atoms with E-state index in [1.54, 1.807) is 6.07 Å². The zero-order valence-corrected chi connectivity index (χ0v) is 35.2. The van der Waals surface area contributed by atoms with Crippen LogP contribution in [0.3, 0.4) is 0 Å². The molecule has 0 bridgehead atoms. The molecular weight excluding hydrogens is 908 g/mol. The Morgan fingerprint density at radius 3 is 2.10 bits per heavy atom. The van der Waals surface area contributed by atoms with E-state index in [0.29, 0.717) is 28.7 Å². The number of fused-ring (bicyclic) bond motifs is 9. The molecule has 0 radical (unpaired) electrons. The molecular formula is C52H39N4O2Pt-. The third-order valence-corrected chi connectivity index (χ3v) is 11.7. The number of phenols is 1. The van der Waals surface area contributed by atoms with Gasteiger partial charge < -0.3 is 18.7 Å². The van der Waals surface area contributed by atoms with Crippen molar-refractivity contribution in [3.63, 3.8) is 0 Å². The van der Waals surface area contributed by atoms with Crippen molar-refractivity contribution in [2.75, 3.05) is 0 Å². The van der Waals surface area contributed by atoms with Gasteiger partial charge >= 0.3 is 0 Å². The third kappa shape index (κ3) is 5.65. The maximum absolute atomic E-state index is 11.3. The monoisotopic (exact) mass is 946 g/mol. The molecule has 0 atom stereocenters. The maximum atomic E-state index is 11.3. The quantitative estimate of drug-likeness (QED) is 0.169. The molecule has 0 saturated carbocycles. The van der Waals surface area contributed by atoms with Gasteiger partial charge in [-0.1, -0.05) is 118 Å². The van der Waals surface area contributed by atoms with Crippen LogP contribution in [-0.4, -0.2) is 24.2 Å². The van der Waals surface area contributed by atoms with Crippen molar-refractivity contribution in [3.05, 3.63) is 163 Å². The van der Waals surface area contributed by atoms with Gasteiger partial charge in [-0.05, 0) is 99.2 Å². The third-order valence-electron chi connectivity index (χ3n) is 11.7. The number of para-hydroxylation sites is 4. The predicted octanol–water partition coefficient (Wildman–Crippen LogP) is 13.7. The average molecular weight is 947 g/mol. The average Bonchev–Trinajstić information content (AvgIpc) is 3.92. The van der Waals surface area contributed by atoms with Crippen molar-refractivity contribution in [2.24, 2.45) is 0 Å². The molecule has 11 aromatic rings. The summed E-state index contributed by atoms with van der Waals surface area (Å²) in [6.45, 7) is 9.06. The van der Waals surface area contributed by atoms with Crippen LogP contribution in [0.1, 0.15) is 50.7 Å². The van der Waals surface area contributed by atoms with Gasteiger partial charge in [0.1, 0.15) is 16.8 Å².